The molecule has 0 bridgehead atoms. The second kappa shape index (κ2) is 10.5. The monoisotopic (exact) mass is 565 g/mol. The first kappa shape index (κ1) is 24.1. The standard InChI is InChI=1S/C27H28IN5O/c1-32(18-20-9-14-30-15-10-20)25-23(6-5-13-31-25)26(34)33(2)24-8-7-22(16-21(24)17-28)27(19-29)11-3-4-12-27/h5-10,13-16H,3-4,11-12,17-18H2,1-2H3. The zero-order chi connectivity index (χ0) is 24.1. The zero-order valence-corrected chi connectivity index (χ0v) is 21.7. The van der Waals surface area contributed by atoms with Crippen LogP contribution in [0.3, 0.4) is 0 Å². The Labute approximate surface area is 214 Å². The quantitative estimate of drug-likeness (QED) is 0.273. The molecule has 7 heteroatoms. The van der Waals surface area contributed by atoms with Crippen LogP contribution in [0.4, 0.5) is 11.5 Å². The van der Waals surface area contributed by atoms with E-state index in [9.17, 15) is 10.1 Å². The van der Waals surface area contributed by atoms with Gasteiger partial charge in [-0.3, -0.25) is 9.78 Å². The second-order valence-corrected chi connectivity index (χ2v) is 9.59. The van der Waals surface area contributed by atoms with Crippen molar-refractivity contribution in [3.63, 3.8) is 0 Å². The number of hydrogen-bond acceptors (Lipinski definition) is 5. The largest absolute Gasteiger partial charge is 0.355 e. The van der Waals surface area contributed by atoms with Crippen molar-refractivity contribution in [3.8, 4) is 6.07 Å². The number of alkyl halides is 1. The summed E-state index contributed by atoms with van der Waals surface area (Å²) in [5.41, 5.74) is 4.24. The maximum atomic E-state index is 13.6. The van der Waals surface area contributed by atoms with Crippen LogP contribution in [0.1, 0.15) is 52.7 Å². The topological polar surface area (TPSA) is 73.1 Å². The minimum Gasteiger partial charge on any atom is -0.355 e. The molecule has 1 aliphatic carbocycles. The number of nitriles is 1. The lowest BCUT2D eigenvalue weighted by Crippen LogP contribution is -2.30. The Morgan fingerprint density at radius 2 is 1.85 bits per heavy atom. The van der Waals surface area contributed by atoms with E-state index in [1.807, 2.05) is 49.3 Å². The van der Waals surface area contributed by atoms with Crippen molar-refractivity contribution in [2.75, 3.05) is 23.9 Å². The zero-order valence-electron chi connectivity index (χ0n) is 19.5. The molecule has 0 N–H and O–H groups in total. The van der Waals surface area contributed by atoms with E-state index in [0.29, 0.717) is 17.9 Å². The molecule has 2 heterocycles. The van der Waals surface area contributed by atoms with E-state index in [4.69, 9.17) is 0 Å². The van der Waals surface area contributed by atoms with Gasteiger partial charge in [0.2, 0.25) is 0 Å². The fraction of sp³-hybridized carbons (Fsp3) is 0.333. The van der Waals surface area contributed by atoms with Gasteiger partial charge in [0, 0.05) is 49.3 Å². The molecular weight excluding hydrogens is 537 g/mol. The van der Waals surface area contributed by atoms with Crippen molar-refractivity contribution < 1.29 is 4.79 Å². The molecule has 0 atom stereocenters. The van der Waals surface area contributed by atoms with Crippen LogP contribution in [-0.2, 0) is 16.4 Å². The van der Waals surface area contributed by atoms with Crippen LogP contribution in [0.25, 0.3) is 0 Å². The van der Waals surface area contributed by atoms with Crippen LogP contribution < -0.4 is 9.80 Å². The predicted octanol–water partition coefficient (Wildman–Crippen LogP) is 5.66. The fourth-order valence-corrected chi connectivity index (χ4v) is 5.37. The van der Waals surface area contributed by atoms with E-state index in [2.05, 4.69) is 44.7 Å². The smallest absolute Gasteiger partial charge is 0.261 e. The first-order chi connectivity index (χ1) is 16.5. The van der Waals surface area contributed by atoms with Crippen molar-refractivity contribution >= 4 is 40.0 Å². The Hall–Kier alpha value is -2.99. The van der Waals surface area contributed by atoms with E-state index in [1.54, 1.807) is 29.6 Å². The molecule has 0 unspecified atom stereocenters. The van der Waals surface area contributed by atoms with Gasteiger partial charge in [-0.1, -0.05) is 47.6 Å². The third-order valence-corrected chi connectivity index (χ3v) is 7.48. The predicted molar refractivity (Wildman–Crippen MR) is 143 cm³/mol. The van der Waals surface area contributed by atoms with E-state index in [-0.39, 0.29) is 5.91 Å². The molecule has 174 valence electrons. The summed E-state index contributed by atoms with van der Waals surface area (Å²) in [6.45, 7) is 0.619. The van der Waals surface area contributed by atoms with Crippen molar-refractivity contribution in [3.05, 3.63) is 83.3 Å². The van der Waals surface area contributed by atoms with Crippen LogP contribution in [0.2, 0.25) is 0 Å². The third-order valence-electron chi connectivity index (χ3n) is 6.66. The number of rotatable bonds is 7. The molecule has 2 aromatic heterocycles. The molecule has 1 saturated carbocycles. The number of halogens is 1. The van der Waals surface area contributed by atoms with Gasteiger partial charge in [-0.15, -0.1) is 0 Å². The van der Waals surface area contributed by atoms with Gasteiger partial charge in [-0.25, -0.2) is 4.98 Å². The molecule has 1 fully saturated rings. The van der Waals surface area contributed by atoms with Gasteiger partial charge in [0.1, 0.15) is 5.82 Å². The molecule has 34 heavy (non-hydrogen) atoms. The van der Waals surface area contributed by atoms with Gasteiger partial charge in [0.15, 0.2) is 0 Å². The first-order valence-electron chi connectivity index (χ1n) is 11.4. The van der Waals surface area contributed by atoms with Gasteiger partial charge >= 0.3 is 0 Å². The summed E-state index contributed by atoms with van der Waals surface area (Å²) in [6, 6.07) is 16.3. The lowest BCUT2D eigenvalue weighted by molar-refractivity contribution is 0.0993. The van der Waals surface area contributed by atoms with Crippen molar-refractivity contribution in [1.29, 1.82) is 5.26 Å². The number of carbonyl (C=O) groups is 1. The number of amides is 1. The maximum Gasteiger partial charge on any atom is 0.261 e. The first-order valence-corrected chi connectivity index (χ1v) is 13.0. The van der Waals surface area contributed by atoms with Gasteiger partial charge in [-0.2, -0.15) is 5.26 Å². The highest BCUT2D eigenvalue weighted by Crippen LogP contribution is 2.42. The summed E-state index contributed by atoms with van der Waals surface area (Å²) >= 11 is 2.33. The normalized spacial score (nSPS) is 14.4. The fourth-order valence-electron chi connectivity index (χ4n) is 4.76. The van der Waals surface area contributed by atoms with Gasteiger partial charge in [0.05, 0.1) is 17.0 Å². The van der Waals surface area contributed by atoms with Crippen LogP contribution >= 0.6 is 22.6 Å². The van der Waals surface area contributed by atoms with E-state index in [1.165, 1.54) is 0 Å². The second-order valence-electron chi connectivity index (χ2n) is 8.83. The molecule has 0 spiro atoms. The minimum absolute atomic E-state index is 0.112. The molecule has 0 aliphatic heterocycles. The lowest BCUT2D eigenvalue weighted by Gasteiger charge is -2.26. The Balaban J connectivity index is 1.62. The number of pyridine rings is 2. The molecule has 4 rings (SSSR count). The van der Waals surface area contributed by atoms with Crippen molar-refractivity contribution in [1.82, 2.24) is 9.97 Å². The highest BCUT2D eigenvalue weighted by molar-refractivity contribution is 14.1. The molecule has 3 aromatic rings. The van der Waals surface area contributed by atoms with Gasteiger partial charge < -0.3 is 9.80 Å². The number of anilines is 2. The molecule has 1 amide bonds. The third kappa shape index (κ3) is 4.78. The average molecular weight is 565 g/mol. The number of benzene rings is 1. The Morgan fingerprint density at radius 1 is 1.12 bits per heavy atom. The number of carbonyl (C=O) groups excluding carboxylic acids is 1. The lowest BCUT2D eigenvalue weighted by atomic mass is 9.79. The number of aromatic nitrogens is 2. The summed E-state index contributed by atoms with van der Waals surface area (Å²) in [5, 5.41) is 9.91. The molecular formula is C27H28IN5O. The molecule has 0 radical (unpaired) electrons. The summed E-state index contributed by atoms with van der Waals surface area (Å²) in [5.74, 6) is 0.526. The molecule has 0 saturated heterocycles. The van der Waals surface area contributed by atoms with E-state index < -0.39 is 5.41 Å². The van der Waals surface area contributed by atoms with Crippen molar-refractivity contribution in [2.24, 2.45) is 0 Å². The van der Waals surface area contributed by atoms with Crippen LogP contribution in [0, 0.1) is 11.3 Å². The van der Waals surface area contributed by atoms with Gasteiger partial charge in [-0.05, 0) is 59.9 Å². The number of hydrogen-bond donors (Lipinski definition) is 0. The molecule has 6 nitrogen and oxygen atoms in total. The molecule has 1 aliphatic rings. The van der Waals surface area contributed by atoms with Crippen molar-refractivity contribution in [2.45, 2.75) is 42.1 Å². The maximum absolute atomic E-state index is 13.6. The van der Waals surface area contributed by atoms with Crippen LogP contribution in [0.15, 0.2) is 61.1 Å². The van der Waals surface area contributed by atoms with Gasteiger partial charge in [0.25, 0.3) is 5.91 Å². The highest BCUT2D eigenvalue weighted by Gasteiger charge is 2.36. The SMILES string of the molecule is CN(Cc1ccncc1)c1ncccc1C(=O)N(C)c1ccc(C2(C#N)CCCC2)cc1CI. The summed E-state index contributed by atoms with van der Waals surface area (Å²) in [7, 11) is 3.75. The summed E-state index contributed by atoms with van der Waals surface area (Å²) in [6.07, 6.45) is 9.22. The summed E-state index contributed by atoms with van der Waals surface area (Å²) in [4.78, 5) is 25.9. The Bertz CT molecular complexity index is 1200. The molecule has 1 aromatic carbocycles. The van der Waals surface area contributed by atoms with Crippen LogP contribution in [0.5, 0.6) is 0 Å². The van der Waals surface area contributed by atoms with E-state index in [0.717, 1.165) is 52.5 Å². The minimum atomic E-state index is -0.395. The average Bonchev–Trinajstić information content (AvgIpc) is 3.38. The Kier molecular flexibility index (Phi) is 7.47. The highest BCUT2D eigenvalue weighted by atomic mass is 127. The van der Waals surface area contributed by atoms with Crippen LogP contribution in [-0.4, -0.2) is 30.0 Å². The Morgan fingerprint density at radius 3 is 2.53 bits per heavy atom. The number of nitrogens with zero attached hydrogens (tertiary/aromatic N) is 5. The van der Waals surface area contributed by atoms with E-state index >= 15 is 0 Å². The summed E-state index contributed by atoms with van der Waals surface area (Å²) < 4.78 is 0.752.